The minimum atomic E-state index is -0.256. The molecular weight excluding hydrogens is 308 g/mol. The molecule has 1 amide bonds. The van der Waals surface area contributed by atoms with Gasteiger partial charge in [0.15, 0.2) is 11.5 Å². The van der Waals surface area contributed by atoms with Crippen LogP contribution in [0.5, 0.6) is 17.2 Å². The second-order valence-corrected chi connectivity index (χ2v) is 5.26. The molecule has 6 nitrogen and oxygen atoms in total. The number of fused-ring (bicyclic) bond motifs is 1. The number of para-hydroxylation sites is 1. The molecule has 2 heterocycles. The Kier molecular flexibility index (Phi) is 3.42. The number of methoxy groups -OCH3 is 1. The molecule has 0 atom stereocenters. The fourth-order valence-electron chi connectivity index (χ4n) is 2.60. The third kappa shape index (κ3) is 2.48. The Balaban J connectivity index is 1.68. The minimum absolute atomic E-state index is 0.214. The van der Waals surface area contributed by atoms with E-state index in [-0.39, 0.29) is 12.7 Å². The summed E-state index contributed by atoms with van der Waals surface area (Å²) in [5.74, 6) is 2.24. The molecule has 0 saturated carbocycles. The Morgan fingerprint density at radius 1 is 1.17 bits per heavy atom. The second-order valence-electron chi connectivity index (χ2n) is 5.26. The number of hydrogen-bond donors (Lipinski definition) is 1. The van der Waals surface area contributed by atoms with Gasteiger partial charge in [0.25, 0.3) is 5.91 Å². The summed E-state index contributed by atoms with van der Waals surface area (Å²) >= 11 is 0. The number of benzene rings is 2. The molecule has 120 valence electrons. The quantitative estimate of drug-likeness (QED) is 0.881. The van der Waals surface area contributed by atoms with E-state index >= 15 is 0 Å². The number of aliphatic imine (C=N–C) groups is 1. The first-order chi connectivity index (χ1) is 11.7. The Hall–Kier alpha value is -3.28. The van der Waals surface area contributed by atoms with Crippen molar-refractivity contribution in [3.8, 4) is 17.2 Å². The topological polar surface area (TPSA) is 69.1 Å². The maximum absolute atomic E-state index is 12.2. The average molecular weight is 322 g/mol. The number of amidine groups is 1. The summed E-state index contributed by atoms with van der Waals surface area (Å²) in [5.41, 5.74) is 1.88. The lowest BCUT2D eigenvalue weighted by Crippen LogP contribution is -2.25. The van der Waals surface area contributed by atoms with Gasteiger partial charge in [-0.15, -0.1) is 0 Å². The summed E-state index contributed by atoms with van der Waals surface area (Å²) in [7, 11) is 1.58. The second kappa shape index (κ2) is 5.73. The molecule has 2 aromatic rings. The highest BCUT2D eigenvalue weighted by Gasteiger charge is 2.23. The van der Waals surface area contributed by atoms with Gasteiger partial charge >= 0.3 is 0 Å². The molecule has 0 fully saturated rings. The molecule has 2 aliphatic heterocycles. The van der Waals surface area contributed by atoms with Gasteiger partial charge in [0.2, 0.25) is 6.79 Å². The number of nitrogens with one attached hydrogen (secondary N) is 1. The van der Waals surface area contributed by atoms with Crippen LogP contribution in [0, 0.1) is 0 Å². The number of nitrogens with zero attached hydrogens (tertiary/aromatic N) is 1. The van der Waals surface area contributed by atoms with Crippen LogP contribution in [0.4, 0.5) is 0 Å². The zero-order valence-corrected chi connectivity index (χ0v) is 12.9. The highest BCUT2D eigenvalue weighted by molar-refractivity contribution is 6.20. The van der Waals surface area contributed by atoms with Gasteiger partial charge in [0, 0.05) is 0 Å². The van der Waals surface area contributed by atoms with Crippen LogP contribution in [-0.2, 0) is 4.79 Å². The van der Waals surface area contributed by atoms with Crippen molar-refractivity contribution in [3.05, 3.63) is 59.3 Å². The molecular formula is C18H14N2O4. The minimum Gasteiger partial charge on any atom is -0.496 e. The summed E-state index contributed by atoms with van der Waals surface area (Å²) < 4.78 is 15.9. The van der Waals surface area contributed by atoms with Crippen LogP contribution < -0.4 is 19.5 Å². The molecule has 0 radical (unpaired) electrons. The van der Waals surface area contributed by atoms with Crippen molar-refractivity contribution in [2.24, 2.45) is 4.99 Å². The fraction of sp³-hybridized carbons (Fsp3) is 0.111. The van der Waals surface area contributed by atoms with E-state index in [1.165, 1.54) is 0 Å². The van der Waals surface area contributed by atoms with Crippen LogP contribution in [0.15, 0.2) is 53.2 Å². The Bertz CT molecular complexity index is 886. The Morgan fingerprint density at radius 3 is 2.88 bits per heavy atom. The first-order valence-electron chi connectivity index (χ1n) is 7.39. The lowest BCUT2D eigenvalue weighted by molar-refractivity contribution is -0.115. The highest BCUT2D eigenvalue weighted by atomic mass is 16.7. The molecule has 2 aromatic carbocycles. The third-order valence-electron chi connectivity index (χ3n) is 3.76. The third-order valence-corrected chi connectivity index (χ3v) is 3.76. The van der Waals surface area contributed by atoms with Gasteiger partial charge < -0.3 is 19.5 Å². The number of ether oxygens (including phenoxy) is 3. The summed E-state index contributed by atoms with van der Waals surface area (Å²) in [6.07, 6.45) is 1.71. The molecule has 4 rings (SSSR count). The summed E-state index contributed by atoms with van der Waals surface area (Å²) in [6, 6.07) is 12.9. The predicted octanol–water partition coefficient (Wildman–Crippen LogP) is 2.34. The number of hydrogen-bond acceptors (Lipinski definition) is 5. The SMILES string of the molecule is COc1ccccc1C1=N/C(=C\c2ccc3c(c2)OCO3)C(=O)N1. The van der Waals surface area contributed by atoms with E-state index in [0.29, 0.717) is 28.8 Å². The van der Waals surface area contributed by atoms with E-state index in [1.54, 1.807) is 13.2 Å². The molecule has 24 heavy (non-hydrogen) atoms. The lowest BCUT2D eigenvalue weighted by Gasteiger charge is -2.06. The molecule has 1 N–H and O–H groups in total. The average Bonchev–Trinajstić information content (AvgIpc) is 3.21. The predicted molar refractivity (Wildman–Crippen MR) is 88.2 cm³/mol. The van der Waals surface area contributed by atoms with Crippen LogP contribution in [0.25, 0.3) is 6.08 Å². The van der Waals surface area contributed by atoms with Gasteiger partial charge in [-0.05, 0) is 35.9 Å². The van der Waals surface area contributed by atoms with Crippen molar-refractivity contribution in [2.75, 3.05) is 13.9 Å². The van der Waals surface area contributed by atoms with Gasteiger partial charge in [0.05, 0.1) is 12.7 Å². The molecule has 0 aromatic heterocycles. The zero-order valence-electron chi connectivity index (χ0n) is 12.9. The van der Waals surface area contributed by atoms with Gasteiger partial charge in [-0.1, -0.05) is 18.2 Å². The van der Waals surface area contributed by atoms with Crippen molar-refractivity contribution in [1.82, 2.24) is 5.32 Å². The lowest BCUT2D eigenvalue weighted by atomic mass is 10.1. The maximum Gasteiger partial charge on any atom is 0.275 e. The molecule has 2 aliphatic rings. The zero-order chi connectivity index (χ0) is 16.5. The first kappa shape index (κ1) is 14.3. The standard InChI is InChI=1S/C18H14N2O4/c1-22-14-5-3-2-4-12(14)17-19-13(18(21)20-17)8-11-6-7-15-16(9-11)24-10-23-15/h2-9H,10H2,1H3,(H,19,20,21)/b13-8-. The van der Waals surface area contributed by atoms with Crippen LogP contribution in [-0.4, -0.2) is 25.6 Å². The van der Waals surface area contributed by atoms with E-state index in [9.17, 15) is 4.79 Å². The number of rotatable bonds is 3. The van der Waals surface area contributed by atoms with E-state index < -0.39 is 0 Å². The van der Waals surface area contributed by atoms with Crippen LogP contribution in [0.1, 0.15) is 11.1 Å². The molecule has 0 spiro atoms. The fourth-order valence-corrected chi connectivity index (χ4v) is 2.60. The molecule has 0 saturated heterocycles. The summed E-state index contributed by atoms with van der Waals surface area (Å²) in [4.78, 5) is 16.6. The van der Waals surface area contributed by atoms with E-state index in [1.807, 2.05) is 42.5 Å². The first-order valence-corrected chi connectivity index (χ1v) is 7.39. The molecule has 6 heteroatoms. The number of carbonyl (C=O) groups is 1. The number of amides is 1. The van der Waals surface area contributed by atoms with Crippen molar-refractivity contribution in [1.29, 1.82) is 0 Å². The largest absolute Gasteiger partial charge is 0.496 e. The van der Waals surface area contributed by atoms with E-state index in [2.05, 4.69) is 10.3 Å². The molecule has 0 unspecified atom stereocenters. The van der Waals surface area contributed by atoms with Gasteiger partial charge in [-0.25, -0.2) is 4.99 Å². The van der Waals surface area contributed by atoms with Crippen molar-refractivity contribution >= 4 is 17.8 Å². The summed E-state index contributed by atoms with van der Waals surface area (Å²) in [6.45, 7) is 0.214. The molecule has 0 bridgehead atoms. The smallest absolute Gasteiger partial charge is 0.275 e. The van der Waals surface area contributed by atoms with Crippen molar-refractivity contribution in [2.45, 2.75) is 0 Å². The highest BCUT2D eigenvalue weighted by Crippen LogP contribution is 2.33. The van der Waals surface area contributed by atoms with Crippen LogP contribution >= 0.6 is 0 Å². The van der Waals surface area contributed by atoms with Crippen molar-refractivity contribution < 1.29 is 19.0 Å². The Morgan fingerprint density at radius 2 is 2.00 bits per heavy atom. The summed E-state index contributed by atoms with van der Waals surface area (Å²) in [5, 5.41) is 2.77. The van der Waals surface area contributed by atoms with E-state index in [4.69, 9.17) is 14.2 Å². The Labute approximate surface area is 138 Å². The molecule has 0 aliphatic carbocycles. The van der Waals surface area contributed by atoms with E-state index in [0.717, 1.165) is 11.1 Å². The number of carbonyl (C=O) groups excluding carboxylic acids is 1. The maximum atomic E-state index is 12.2. The monoisotopic (exact) mass is 322 g/mol. The normalized spacial score (nSPS) is 17.0. The van der Waals surface area contributed by atoms with Gasteiger partial charge in [-0.2, -0.15) is 0 Å². The van der Waals surface area contributed by atoms with Crippen LogP contribution in [0.2, 0.25) is 0 Å². The van der Waals surface area contributed by atoms with Gasteiger partial charge in [-0.3, -0.25) is 4.79 Å². The van der Waals surface area contributed by atoms with Gasteiger partial charge in [0.1, 0.15) is 17.3 Å². The van der Waals surface area contributed by atoms with Crippen molar-refractivity contribution in [3.63, 3.8) is 0 Å². The van der Waals surface area contributed by atoms with Crippen LogP contribution in [0.3, 0.4) is 0 Å².